The van der Waals surface area contributed by atoms with Gasteiger partial charge in [-0.15, -0.1) is 0 Å². The number of carbonyl (C=O) groups excluding carboxylic acids is 2. The number of carbonyl (C=O) groups is 2. The van der Waals surface area contributed by atoms with E-state index >= 15 is 0 Å². The number of ether oxygens (including phenoxy) is 2. The van der Waals surface area contributed by atoms with Crippen LogP contribution in [0.15, 0.2) is 88.5 Å². The van der Waals surface area contributed by atoms with Crippen LogP contribution in [0, 0.1) is 0 Å². The molecule has 1 amide bonds. The minimum absolute atomic E-state index is 0.00308. The minimum atomic E-state index is -0.902. The maximum atomic E-state index is 13.9. The molecule has 7 heteroatoms. The molecule has 2 heterocycles. The molecule has 0 saturated heterocycles. The number of nitrogens with zero attached hydrogens (tertiary/aromatic N) is 1. The SMILES string of the molecule is COc1cccc(C2C(C(=O)c3cc4cccc(OC)c4o3)=C(O)C(=O)N2c2ccc(C(C)(C)C)cc2)c1. The van der Waals surface area contributed by atoms with Crippen molar-refractivity contribution >= 4 is 28.3 Å². The lowest BCUT2D eigenvalue weighted by Crippen LogP contribution is -2.31. The Morgan fingerprint density at radius 2 is 1.66 bits per heavy atom. The first-order valence-corrected chi connectivity index (χ1v) is 12.3. The minimum Gasteiger partial charge on any atom is -0.503 e. The number of fused-ring (bicyclic) bond motifs is 1. The summed E-state index contributed by atoms with van der Waals surface area (Å²) in [6.45, 7) is 6.32. The fourth-order valence-electron chi connectivity index (χ4n) is 4.79. The van der Waals surface area contributed by atoms with Crippen LogP contribution < -0.4 is 14.4 Å². The molecule has 0 spiro atoms. The third kappa shape index (κ3) is 4.20. The maximum absolute atomic E-state index is 13.9. The van der Waals surface area contributed by atoms with E-state index in [4.69, 9.17) is 13.9 Å². The third-order valence-electron chi connectivity index (χ3n) is 6.83. The van der Waals surface area contributed by atoms with Crippen molar-refractivity contribution in [2.75, 3.05) is 19.1 Å². The van der Waals surface area contributed by atoms with Crippen LogP contribution in [-0.4, -0.2) is 31.0 Å². The molecule has 3 aromatic carbocycles. The lowest BCUT2D eigenvalue weighted by Gasteiger charge is -2.28. The van der Waals surface area contributed by atoms with Gasteiger partial charge in [0.15, 0.2) is 22.9 Å². The fourth-order valence-corrected chi connectivity index (χ4v) is 4.79. The highest BCUT2D eigenvalue weighted by Gasteiger charge is 2.45. The Kier molecular flexibility index (Phi) is 6.23. The number of rotatable bonds is 6. The Labute approximate surface area is 220 Å². The summed E-state index contributed by atoms with van der Waals surface area (Å²) in [5.41, 5.74) is 2.52. The number of aliphatic hydroxyl groups is 1. The van der Waals surface area contributed by atoms with E-state index in [0.717, 1.165) is 5.56 Å². The van der Waals surface area contributed by atoms with Crippen LogP contribution in [0.1, 0.15) is 48.5 Å². The number of para-hydroxylation sites is 1. The van der Waals surface area contributed by atoms with Crippen LogP contribution in [0.4, 0.5) is 5.69 Å². The van der Waals surface area contributed by atoms with E-state index in [1.54, 1.807) is 55.6 Å². The molecule has 38 heavy (non-hydrogen) atoms. The zero-order chi connectivity index (χ0) is 27.2. The maximum Gasteiger partial charge on any atom is 0.294 e. The van der Waals surface area contributed by atoms with E-state index in [1.807, 2.05) is 24.3 Å². The molecule has 0 fully saturated rings. The van der Waals surface area contributed by atoms with Crippen molar-refractivity contribution in [3.05, 3.63) is 101 Å². The first-order valence-electron chi connectivity index (χ1n) is 12.3. The largest absolute Gasteiger partial charge is 0.503 e. The zero-order valence-corrected chi connectivity index (χ0v) is 21.9. The molecular weight excluding hydrogens is 482 g/mol. The first kappa shape index (κ1) is 25.1. The van der Waals surface area contributed by atoms with Gasteiger partial charge in [-0.05, 0) is 52.9 Å². The molecular formula is C31H29NO6. The van der Waals surface area contributed by atoms with Gasteiger partial charge in [0.1, 0.15) is 5.75 Å². The number of ketones is 1. The Hall–Kier alpha value is -4.52. The van der Waals surface area contributed by atoms with Crippen molar-refractivity contribution in [3.8, 4) is 11.5 Å². The molecule has 0 radical (unpaired) electrons. The van der Waals surface area contributed by atoms with Crippen LogP contribution in [0.3, 0.4) is 0 Å². The molecule has 1 unspecified atom stereocenters. The van der Waals surface area contributed by atoms with Crippen molar-refractivity contribution in [1.82, 2.24) is 0 Å². The number of aliphatic hydroxyl groups excluding tert-OH is 1. The Balaban J connectivity index is 1.65. The average Bonchev–Trinajstić information content (AvgIpc) is 3.47. The molecule has 1 atom stereocenters. The van der Waals surface area contributed by atoms with Gasteiger partial charge in [0.25, 0.3) is 5.91 Å². The molecule has 4 aromatic rings. The number of methoxy groups -OCH3 is 2. The Morgan fingerprint density at radius 1 is 0.947 bits per heavy atom. The van der Waals surface area contributed by atoms with E-state index in [2.05, 4.69) is 20.8 Å². The number of anilines is 1. The van der Waals surface area contributed by atoms with E-state index in [0.29, 0.717) is 33.7 Å². The van der Waals surface area contributed by atoms with Gasteiger partial charge >= 0.3 is 0 Å². The van der Waals surface area contributed by atoms with Crippen molar-refractivity contribution in [3.63, 3.8) is 0 Å². The van der Waals surface area contributed by atoms with Crippen molar-refractivity contribution in [2.24, 2.45) is 0 Å². The van der Waals surface area contributed by atoms with E-state index in [9.17, 15) is 14.7 Å². The molecule has 1 aromatic heterocycles. The normalized spacial score (nSPS) is 15.9. The molecule has 1 N–H and O–H groups in total. The highest BCUT2D eigenvalue weighted by atomic mass is 16.5. The molecule has 7 nitrogen and oxygen atoms in total. The summed E-state index contributed by atoms with van der Waals surface area (Å²) in [6, 6.07) is 20.7. The van der Waals surface area contributed by atoms with Gasteiger partial charge in [-0.3, -0.25) is 14.5 Å². The summed E-state index contributed by atoms with van der Waals surface area (Å²) in [6.07, 6.45) is 0. The number of benzene rings is 3. The number of Topliss-reactive ketones (excluding diaryl/α,β-unsaturated/α-hetero) is 1. The smallest absolute Gasteiger partial charge is 0.294 e. The van der Waals surface area contributed by atoms with E-state index in [-0.39, 0.29) is 16.7 Å². The molecule has 194 valence electrons. The van der Waals surface area contributed by atoms with Crippen LogP contribution in [0.25, 0.3) is 11.0 Å². The highest BCUT2D eigenvalue weighted by molar-refractivity contribution is 6.20. The van der Waals surface area contributed by atoms with E-state index in [1.165, 1.54) is 12.0 Å². The molecule has 5 rings (SSSR count). The number of amides is 1. The zero-order valence-electron chi connectivity index (χ0n) is 21.9. The van der Waals surface area contributed by atoms with Crippen molar-refractivity contribution in [2.45, 2.75) is 32.2 Å². The summed E-state index contributed by atoms with van der Waals surface area (Å²) < 4.78 is 16.7. The predicted octanol–water partition coefficient (Wildman–Crippen LogP) is 6.53. The predicted molar refractivity (Wildman–Crippen MR) is 145 cm³/mol. The van der Waals surface area contributed by atoms with Gasteiger partial charge in [0, 0.05) is 11.1 Å². The molecule has 0 saturated carbocycles. The van der Waals surface area contributed by atoms with Crippen LogP contribution in [0.2, 0.25) is 0 Å². The lowest BCUT2D eigenvalue weighted by atomic mass is 9.87. The third-order valence-corrected chi connectivity index (χ3v) is 6.83. The lowest BCUT2D eigenvalue weighted by molar-refractivity contribution is -0.117. The van der Waals surface area contributed by atoms with Gasteiger partial charge in [0.2, 0.25) is 5.78 Å². The molecule has 0 aliphatic carbocycles. The topological polar surface area (TPSA) is 89.2 Å². The fraction of sp³-hybridized carbons (Fsp3) is 0.226. The highest BCUT2D eigenvalue weighted by Crippen LogP contribution is 2.43. The average molecular weight is 512 g/mol. The van der Waals surface area contributed by atoms with Gasteiger partial charge in [-0.25, -0.2) is 0 Å². The second kappa shape index (κ2) is 9.41. The monoisotopic (exact) mass is 511 g/mol. The standard InChI is InChI=1S/C31H29NO6/c1-31(2,3)20-12-14-21(15-13-20)32-26(18-8-6-10-22(16-18)36-4)25(28(34)30(32)35)27(33)24-17-19-9-7-11-23(37-5)29(19)38-24/h6-17,26,34H,1-5H3. The van der Waals surface area contributed by atoms with E-state index < -0.39 is 23.5 Å². The molecule has 0 bridgehead atoms. The Morgan fingerprint density at radius 3 is 2.32 bits per heavy atom. The summed E-state index contributed by atoms with van der Waals surface area (Å²) in [5, 5.41) is 11.8. The second-order valence-corrected chi connectivity index (χ2v) is 10.2. The first-order chi connectivity index (χ1) is 18.1. The van der Waals surface area contributed by atoms with Gasteiger partial charge in [-0.2, -0.15) is 0 Å². The van der Waals surface area contributed by atoms with Crippen molar-refractivity contribution < 1.29 is 28.6 Å². The summed E-state index contributed by atoms with van der Waals surface area (Å²) in [7, 11) is 3.06. The molecule has 1 aliphatic heterocycles. The van der Waals surface area contributed by atoms with Crippen LogP contribution in [0.5, 0.6) is 11.5 Å². The second-order valence-electron chi connectivity index (χ2n) is 10.2. The van der Waals surface area contributed by atoms with Gasteiger partial charge in [0.05, 0.1) is 25.8 Å². The van der Waals surface area contributed by atoms with Crippen LogP contribution in [-0.2, 0) is 10.2 Å². The van der Waals surface area contributed by atoms with Gasteiger partial charge in [-0.1, -0.05) is 57.2 Å². The summed E-state index contributed by atoms with van der Waals surface area (Å²) in [5.74, 6) is -0.835. The number of hydrogen-bond acceptors (Lipinski definition) is 6. The quantitative estimate of drug-likeness (QED) is 0.296. The molecule has 1 aliphatic rings. The van der Waals surface area contributed by atoms with Crippen LogP contribution >= 0.6 is 0 Å². The van der Waals surface area contributed by atoms with Gasteiger partial charge < -0.3 is 19.0 Å². The Bertz CT molecular complexity index is 1570. The number of furan rings is 1. The summed E-state index contributed by atoms with van der Waals surface area (Å²) >= 11 is 0. The number of hydrogen-bond donors (Lipinski definition) is 1. The summed E-state index contributed by atoms with van der Waals surface area (Å²) in [4.78, 5) is 28.9. The van der Waals surface area contributed by atoms with Crippen molar-refractivity contribution in [1.29, 1.82) is 0 Å².